The van der Waals surface area contributed by atoms with Crippen LogP contribution in [0.5, 0.6) is 6.01 Å². The molecule has 0 spiro atoms. The molecule has 7 nitrogen and oxygen atoms in total. The SMILES string of the molecule is O=C(c1ccc(=O)[nH]c1)N1CCC(Oc2ncccn2)CC1. The van der Waals surface area contributed by atoms with Crippen molar-refractivity contribution in [3.8, 4) is 6.01 Å². The average Bonchev–Trinajstić information content (AvgIpc) is 2.57. The molecule has 1 amide bonds. The zero-order valence-electron chi connectivity index (χ0n) is 11.9. The summed E-state index contributed by atoms with van der Waals surface area (Å²) in [6.07, 6.45) is 6.20. The number of amides is 1. The van der Waals surface area contributed by atoms with Crippen molar-refractivity contribution in [2.45, 2.75) is 18.9 Å². The van der Waals surface area contributed by atoms with Gasteiger partial charge >= 0.3 is 6.01 Å². The van der Waals surface area contributed by atoms with Crippen molar-refractivity contribution in [1.82, 2.24) is 19.9 Å². The van der Waals surface area contributed by atoms with Gasteiger partial charge in [0.1, 0.15) is 6.10 Å². The zero-order chi connectivity index (χ0) is 15.4. The number of carbonyl (C=O) groups is 1. The van der Waals surface area contributed by atoms with Crippen molar-refractivity contribution in [2.24, 2.45) is 0 Å². The lowest BCUT2D eigenvalue weighted by Gasteiger charge is -2.31. The Labute approximate surface area is 127 Å². The van der Waals surface area contributed by atoms with Crippen LogP contribution in [0.25, 0.3) is 0 Å². The number of piperidine rings is 1. The van der Waals surface area contributed by atoms with E-state index < -0.39 is 0 Å². The van der Waals surface area contributed by atoms with Crippen LogP contribution in [0.2, 0.25) is 0 Å². The number of carbonyl (C=O) groups excluding carboxylic acids is 1. The third kappa shape index (κ3) is 3.30. The number of aromatic amines is 1. The van der Waals surface area contributed by atoms with Crippen molar-refractivity contribution >= 4 is 5.91 Å². The molecule has 0 bridgehead atoms. The molecule has 1 fully saturated rings. The first-order valence-corrected chi connectivity index (χ1v) is 7.14. The molecule has 1 aliphatic heterocycles. The number of pyridine rings is 1. The predicted molar refractivity (Wildman–Crippen MR) is 78.6 cm³/mol. The summed E-state index contributed by atoms with van der Waals surface area (Å²) in [6.45, 7) is 1.21. The van der Waals surface area contributed by atoms with E-state index in [0.29, 0.717) is 24.7 Å². The standard InChI is InChI=1S/C15H16N4O3/c20-13-3-2-11(10-18-13)14(21)19-8-4-12(5-9-19)22-15-16-6-1-7-17-15/h1-3,6-7,10,12H,4-5,8-9H2,(H,18,20). The van der Waals surface area contributed by atoms with E-state index >= 15 is 0 Å². The minimum absolute atomic E-state index is 0.0158. The monoisotopic (exact) mass is 300 g/mol. The highest BCUT2D eigenvalue weighted by molar-refractivity contribution is 5.93. The Hall–Kier alpha value is -2.70. The van der Waals surface area contributed by atoms with Crippen LogP contribution in [0.3, 0.4) is 0 Å². The lowest BCUT2D eigenvalue weighted by Crippen LogP contribution is -2.42. The molecule has 22 heavy (non-hydrogen) atoms. The molecule has 7 heteroatoms. The second kappa shape index (κ2) is 6.38. The van der Waals surface area contributed by atoms with Crippen LogP contribution in [0.4, 0.5) is 0 Å². The predicted octanol–water partition coefficient (Wildman–Crippen LogP) is 0.848. The van der Waals surface area contributed by atoms with Gasteiger partial charge in [0.25, 0.3) is 5.91 Å². The molecule has 2 aromatic rings. The highest BCUT2D eigenvalue weighted by atomic mass is 16.5. The van der Waals surface area contributed by atoms with Crippen LogP contribution >= 0.6 is 0 Å². The van der Waals surface area contributed by atoms with E-state index in [1.807, 2.05) is 0 Å². The Morgan fingerprint density at radius 3 is 2.59 bits per heavy atom. The number of hydrogen-bond donors (Lipinski definition) is 1. The van der Waals surface area contributed by atoms with E-state index in [1.165, 1.54) is 12.3 Å². The number of rotatable bonds is 3. The summed E-state index contributed by atoms with van der Waals surface area (Å²) in [7, 11) is 0. The maximum Gasteiger partial charge on any atom is 0.316 e. The summed E-state index contributed by atoms with van der Waals surface area (Å²) in [6, 6.07) is 5.00. The molecule has 0 aromatic carbocycles. The van der Waals surface area contributed by atoms with Crippen LogP contribution in [-0.2, 0) is 0 Å². The van der Waals surface area contributed by atoms with Crippen LogP contribution in [-0.4, -0.2) is 45.0 Å². The molecule has 0 aliphatic carbocycles. The smallest absolute Gasteiger partial charge is 0.316 e. The normalized spacial score (nSPS) is 15.5. The van der Waals surface area contributed by atoms with Gasteiger partial charge in [0, 0.05) is 50.6 Å². The molecule has 3 heterocycles. The molecule has 1 saturated heterocycles. The zero-order valence-corrected chi connectivity index (χ0v) is 11.9. The third-order valence-corrected chi connectivity index (χ3v) is 3.57. The van der Waals surface area contributed by atoms with E-state index in [1.54, 1.807) is 29.4 Å². The summed E-state index contributed by atoms with van der Waals surface area (Å²) in [5.41, 5.74) is 0.275. The van der Waals surface area contributed by atoms with Gasteiger partial charge < -0.3 is 14.6 Å². The van der Waals surface area contributed by atoms with Gasteiger partial charge in [0.15, 0.2) is 0 Å². The van der Waals surface area contributed by atoms with E-state index in [0.717, 1.165) is 12.8 Å². The van der Waals surface area contributed by atoms with Gasteiger partial charge in [0.05, 0.1) is 5.56 Å². The lowest BCUT2D eigenvalue weighted by atomic mass is 10.1. The van der Waals surface area contributed by atoms with Crippen molar-refractivity contribution in [1.29, 1.82) is 0 Å². The van der Waals surface area contributed by atoms with E-state index in [2.05, 4.69) is 15.0 Å². The third-order valence-electron chi connectivity index (χ3n) is 3.57. The Morgan fingerprint density at radius 2 is 1.95 bits per heavy atom. The second-order valence-electron chi connectivity index (χ2n) is 5.08. The molecule has 0 saturated carbocycles. The molecular formula is C15H16N4O3. The number of nitrogens with one attached hydrogen (secondary N) is 1. The van der Waals surface area contributed by atoms with Gasteiger partial charge in [-0.05, 0) is 12.1 Å². The quantitative estimate of drug-likeness (QED) is 0.908. The maximum atomic E-state index is 12.3. The minimum Gasteiger partial charge on any atom is -0.460 e. The molecular weight excluding hydrogens is 284 g/mol. The Balaban J connectivity index is 1.56. The second-order valence-corrected chi connectivity index (χ2v) is 5.08. The first-order chi connectivity index (χ1) is 10.7. The summed E-state index contributed by atoms with van der Waals surface area (Å²) >= 11 is 0. The number of H-pyrrole nitrogens is 1. The van der Waals surface area contributed by atoms with Crippen LogP contribution in [0.15, 0.2) is 41.6 Å². The summed E-state index contributed by atoms with van der Waals surface area (Å²) < 4.78 is 5.70. The van der Waals surface area contributed by atoms with E-state index in [4.69, 9.17) is 4.74 Å². The van der Waals surface area contributed by atoms with Gasteiger partial charge in [-0.25, -0.2) is 9.97 Å². The average molecular weight is 300 g/mol. The van der Waals surface area contributed by atoms with Crippen molar-refractivity contribution < 1.29 is 9.53 Å². The number of ether oxygens (including phenoxy) is 1. The molecule has 1 N–H and O–H groups in total. The molecule has 0 radical (unpaired) electrons. The Kier molecular flexibility index (Phi) is 4.13. The summed E-state index contributed by atoms with van der Waals surface area (Å²) in [5, 5.41) is 0. The van der Waals surface area contributed by atoms with Gasteiger partial charge in [-0.2, -0.15) is 0 Å². The minimum atomic E-state index is -0.216. The van der Waals surface area contributed by atoms with Gasteiger partial charge in [-0.1, -0.05) is 0 Å². The van der Waals surface area contributed by atoms with Gasteiger partial charge in [-0.15, -0.1) is 0 Å². The van der Waals surface area contributed by atoms with E-state index in [-0.39, 0.29) is 17.6 Å². The number of aromatic nitrogens is 3. The molecule has 0 unspecified atom stereocenters. The van der Waals surface area contributed by atoms with Crippen LogP contribution in [0.1, 0.15) is 23.2 Å². The topological polar surface area (TPSA) is 88.2 Å². The fraction of sp³-hybridized carbons (Fsp3) is 0.333. The summed E-state index contributed by atoms with van der Waals surface area (Å²) in [5.74, 6) is -0.0781. The number of likely N-dealkylation sites (tertiary alicyclic amines) is 1. The number of nitrogens with zero attached hydrogens (tertiary/aromatic N) is 3. The molecule has 114 valence electrons. The van der Waals surface area contributed by atoms with Crippen molar-refractivity contribution in [3.05, 3.63) is 52.7 Å². The fourth-order valence-electron chi connectivity index (χ4n) is 2.40. The molecule has 0 atom stereocenters. The summed E-state index contributed by atoms with van der Waals surface area (Å²) in [4.78, 5) is 35.7. The maximum absolute atomic E-state index is 12.3. The highest BCUT2D eigenvalue weighted by Crippen LogP contribution is 2.17. The first kappa shape index (κ1) is 14.2. The highest BCUT2D eigenvalue weighted by Gasteiger charge is 2.25. The van der Waals surface area contributed by atoms with Crippen molar-refractivity contribution in [2.75, 3.05) is 13.1 Å². The first-order valence-electron chi connectivity index (χ1n) is 7.14. The van der Waals surface area contributed by atoms with Gasteiger partial charge in [0.2, 0.25) is 5.56 Å². The molecule has 3 rings (SSSR count). The van der Waals surface area contributed by atoms with E-state index in [9.17, 15) is 9.59 Å². The fourth-order valence-corrected chi connectivity index (χ4v) is 2.40. The lowest BCUT2D eigenvalue weighted by molar-refractivity contribution is 0.0578. The van der Waals surface area contributed by atoms with Gasteiger partial charge in [-0.3, -0.25) is 9.59 Å². The molecule has 1 aliphatic rings. The largest absolute Gasteiger partial charge is 0.460 e. The Bertz CT molecular complexity index is 673. The Morgan fingerprint density at radius 1 is 1.23 bits per heavy atom. The number of hydrogen-bond acceptors (Lipinski definition) is 5. The molecule has 2 aromatic heterocycles. The van der Waals surface area contributed by atoms with Crippen molar-refractivity contribution in [3.63, 3.8) is 0 Å². The van der Waals surface area contributed by atoms with Crippen LogP contribution in [0, 0.1) is 0 Å². The van der Waals surface area contributed by atoms with Crippen LogP contribution < -0.4 is 10.3 Å².